The molecule has 4 rings (SSSR count). The van der Waals surface area contributed by atoms with Crippen molar-refractivity contribution in [1.29, 1.82) is 5.26 Å². The number of anilines is 1. The lowest BCUT2D eigenvalue weighted by atomic mass is 10.0. The van der Waals surface area contributed by atoms with Crippen molar-refractivity contribution in [3.8, 4) is 6.07 Å². The molecule has 1 N–H and O–H groups in total. The van der Waals surface area contributed by atoms with Crippen molar-refractivity contribution >= 4 is 22.8 Å². The van der Waals surface area contributed by atoms with Crippen LogP contribution in [0.5, 0.6) is 0 Å². The van der Waals surface area contributed by atoms with Crippen LogP contribution in [0.1, 0.15) is 49.8 Å². The Bertz CT molecular complexity index is 1150. The number of piperazine rings is 1. The van der Waals surface area contributed by atoms with Gasteiger partial charge in [-0.3, -0.25) is 9.69 Å². The van der Waals surface area contributed by atoms with E-state index in [-0.39, 0.29) is 5.91 Å². The van der Waals surface area contributed by atoms with E-state index in [9.17, 15) is 10.1 Å². The Labute approximate surface area is 207 Å². The van der Waals surface area contributed by atoms with Gasteiger partial charge in [0.2, 0.25) is 5.91 Å². The Hall–Kier alpha value is -3.50. The second-order valence-electron chi connectivity index (χ2n) is 9.08. The third kappa shape index (κ3) is 6.34. The molecule has 0 bridgehead atoms. The lowest BCUT2D eigenvalue weighted by molar-refractivity contribution is -0.121. The van der Waals surface area contributed by atoms with Crippen molar-refractivity contribution in [3.63, 3.8) is 0 Å². The fourth-order valence-corrected chi connectivity index (χ4v) is 4.50. The Morgan fingerprint density at radius 2 is 1.66 bits per heavy atom. The zero-order chi connectivity index (χ0) is 24.5. The monoisotopic (exact) mass is 470 g/mol. The number of hydrogen-bond donors (Lipinski definition) is 1. The van der Waals surface area contributed by atoms with E-state index in [4.69, 9.17) is 9.97 Å². The van der Waals surface area contributed by atoms with Gasteiger partial charge in [0.05, 0.1) is 17.1 Å². The van der Waals surface area contributed by atoms with Crippen LogP contribution >= 0.6 is 0 Å². The van der Waals surface area contributed by atoms with Gasteiger partial charge in [0, 0.05) is 39.3 Å². The Morgan fingerprint density at radius 1 is 0.971 bits per heavy atom. The molecule has 1 aromatic heterocycles. The number of para-hydroxylation sites is 2. The van der Waals surface area contributed by atoms with Gasteiger partial charge in [-0.2, -0.15) is 5.26 Å². The first-order valence-electron chi connectivity index (χ1n) is 12.6. The lowest BCUT2D eigenvalue weighted by Crippen LogP contribution is -2.47. The van der Waals surface area contributed by atoms with Crippen LogP contribution in [0.25, 0.3) is 11.0 Å². The second-order valence-corrected chi connectivity index (χ2v) is 9.08. The van der Waals surface area contributed by atoms with Gasteiger partial charge in [0.1, 0.15) is 5.69 Å². The molecule has 1 aliphatic rings. The summed E-state index contributed by atoms with van der Waals surface area (Å²) >= 11 is 0. The van der Waals surface area contributed by atoms with Crippen LogP contribution in [0.15, 0.2) is 54.6 Å². The molecule has 1 saturated heterocycles. The summed E-state index contributed by atoms with van der Waals surface area (Å²) in [5, 5.41) is 12.9. The van der Waals surface area contributed by atoms with Crippen molar-refractivity contribution in [2.24, 2.45) is 0 Å². The van der Waals surface area contributed by atoms with E-state index in [2.05, 4.69) is 52.4 Å². The number of rotatable bonds is 10. The quantitative estimate of drug-likeness (QED) is 0.446. The van der Waals surface area contributed by atoms with Crippen LogP contribution in [-0.2, 0) is 11.3 Å². The average Bonchev–Trinajstić information content (AvgIpc) is 2.90. The topological polar surface area (TPSA) is 85.1 Å². The summed E-state index contributed by atoms with van der Waals surface area (Å²) in [6.45, 7) is 6.93. The van der Waals surface area contributed by atoms with Gasteiger partial charge in [-0.05, 0) is 24.1 Å². The molecule has 1 amide bonds. The van der Waals surface area contributed by atoms with Gasteiger partial charge in [-0.1, -0.05) is 68.7 Å². The van der Waals surface area contributed by atoms with E-state index in [0.717, 1.165) is 63.9 Å². The minimum Gasteiger partial charge on any atom is -0.355 e. The molecule has 0 unspecified atom stereocenters. The van der Waals surface area contributed by atoms with Crippen LogP contribution < -0.4 is 10.2 Å². The first-order valence-corrected chi connectivity index (χ1v) is 12.6. The molecule has 1 atom stereocenters. The molecule has 0 aliphatic carbocycles. The number of nitrogens with one attached hydrogen (secondary N) is 1. The molecule has 2 aromatic carbocycles. The first kappa shape index (κ1) is 24.6. The molecular formula is C28H34N6O. The molecule has 0 radical (unpaired) electrons. The Morgan fingerprint density at radius 3 is 2.34 bits per heavy atom. The van der Waals surface area contributed by atoms with E-state index in [0.29, 0.717) is 23.6 Å². The maximum Gasteiger partial charge on any atom is 0.243 e. The number of carbonyl (C=O) groups is 1. The van der Waals surface area contributed by atoms with Crippen molar-refractivity contribution in [2.75, 3.05) is 37.6 Å². The van der Waals surface area contributed by atoms with Gasteiger partial charge in [-0.15, -0.1) is 0 Å². The summed E-state index contributed by atoms with van der Waals surface area (Å²) in [5.74, 6) is -0.635. The lowest BCUT2D eigenvalue weighted by Gasteiger charge is -2.36. The smallest absolute Gasteiger partial charge is 0.243 e. The summed E-state index contributed by atoms with van der Waals surface area (Å²) in [4.78, 5) is 27.3. The van der Waals surface area contributed by atoms with Gasteiger partial charge in [0.15, 0.2) is 11.7 Å². The summed E-state index contributed by atoms with van der Waals surface area (Å²) < 4.78 is 0. The average molecular weight is 471 g/mol. The standard InChI is InChI=1S/C28H34N6O/c1-2-3-4-10-15-30-28(35)23(20-29)26-27(32-25-14-9-8-13-24(25)31-26)34-18-16-33(17-19-34)21-22-11-6-5-7-12-22/h5-9,11-14,23H,2-4,10,15-19,21H2,1H3,(H,30,35)/t23-/m0/s1. The molecular weight excluding hydrogens is 436 g/mol. The number of aromatic nitrogens is 2. The number of nitrogens with zero attached hydrogens (tertiary/aromatic N) is 5. The third-order valence-corrected chi connectivity index (χ3v) is 6.49. The fraction of sp³-hybridized carbons (Fsp3) is 0.429. The highest BCUT2D eigenvalue weighted by Gasteiger charge is 2.30. The van der Waals surface area contributed by atoms with Crippen LogP contribution in [0.2, 0.25) is 0 Å². The minimum atomic E-state index is -0.990. The van der Waals surface area contributed by atoms with Gasteiger partial charge < -0.3 is 10.2 Å². The van der Waals surface area contributed by atoms with Gasteiger partial charge in [-0.25, -0.2) is 9.97 Å². The zero-order valence-electron chi connectivity index (χ0n) is 20.5. The van der Waals surface area contributed by atoms with Crippen molar-refractivity contribution in [3.05, 3.63) is 65.9 Å². The number of benzene rings is 2. The number of unbranched alkanes of at least 4 members (excludes halogenated alkanes) is 3. The Kier molecular flexibility index (Phi) is 8.63. The summed E-state index contributed by atoms with van der Waals surface area (Å²) in [7, 11) is 0. The molecule has 3 aromatic rings. The molecule has 7 nitrogen and oxygen atoms in total. The molecule has 1 fully saturated rings. The number of hydrogen-bond acceptors (Lipinski definition) is 6. The highest BCUT2D eigenvalue weighted by Crippen LogP contribution is 2.28. The van der Waals surface area contributed by atoms with Crippen LogP contribution in [-0.4, -0.2) is 53.5 Å². The molecule has 2 heterocycles. The predicted molar refractivity (Wildman–Crippen MR) is 139 cm³/mol. The highest BCUT2D eigenvalue weighted by atomic mass is 16.1. The largest absolute Gasteiger partial charge is 0.355 e. The zero-order valence-corrected chi connectivity index (χ0v) is 20.5. The van der Waals surface area contributed by atoms with E-state index in [1.165, 1.54) is 5.56 Å². The minimum absolute atomic E-state index is 0.294. The van der Waals surface area contributed by atoms with Crippen molar-refractivity contribution in [2.45, 2.75) is 45.1 Å². The SMILES string of the molecule is CCCCCCNC(=O)[C@@H](C#N)c1nc2ccccc2nc1N1CCN(Cc2ccccc2)CC1. The van der Waals surface area contributed by atoms with E-state index < -0.39 is 5.92 Å². The predicted octanol–water partition coefficient (Wildman–Crippen LogP) is 4.26. The van der Waals surface area contributed by atoms with Crippen LogP contribution in [0, 0.1) is 11.3 Å². The number of amides is 1. The molecule has 0 spiro atoms. The molecule has 0 saturated carbocycles. The van der Waals surface area contributed by atoms with Gasteiger partial charge >= 0.3 is 0 Å². The molecule has 1 aliphatic heterocycles. The maximum atomic E-state index is 13.0. The summed E-state index contributed by atoms with van der Waals surface area (Å²) in [6.07, 6.45) is 4.27. The summed E-state index contributed by atoms with van der Waals surface area (Å²) in [5.41, 5.74) is 3.22. The fourth-order valence-electron chi connectivity index (χ4n) is 4.50. The highest BCUT2D eigenvalue weighted by molar-refractivity contribution is 5.88. The Balaban J connectivity index is 1.52. The van der Waals surface area contributed by atoms with E-state index in [1.807, 2.05) is 30.3 Å². The molecule has 182 valence electrons. The maximum absolute atomic E-state index is 13.0. The first-order chi connectivity index (χ1) is 17.2. The third-order valence-electron chi connectivity index (χ3n) is 6.49. The molecule has 35 heavy (non-hydrogen) atoms. The summed E-state index contributed by atoms with van der Waals surface area (Å²) in [6, 6.07) is 20.3. The normalized spacial score (nSPS) is 15.0. The number of fused-ring (bicyclic) bond motifs is 1. The molecule has 7 heteroatoms. The van der Waals surface area contributed by atoms with Gasteiger partial charge in [0.25, 0.3) is 0 Å². The van der Waals surface area contributed by atoms with Crippen LogP contribution in [0.3, 0.4) is 0 Å². The van der Waals surface area contributed by atoms with Crippen molar-refractivity contribution < 1.29 is 4.79 Å². The van der Waals surface area contributed by atoms with Crippen molar-refractivity contribution in [1.82, 2.24) is 20.2 Å². The van der Waals surface area contributed by atoms with E-state index >= 15 is 0 Å². The number of carbonyl (C=O) groups excluding carboxylic acids is 1. The second kappa shape index (κ2) is 12.3. The number of nitriles is 1. The van der Waals surface area contributed by atoms with E-state index in [1.54, 1.807) is 0 Å². The van der Waals surface area contributed by atoms with Crippen LogP contribution in [0.4, 0.5) is 5.82 Å².